The molecule has 0 saturated carbocycles. The summed E-state index contributed by atoms with van der Waals surface area (Å²) >= 11 is 0. The predicted octanol–water partition coefficient (Wildman–Crippen LogP) is 3.42. The highest BCUT2D eigenvalue weighted by Gasteiger charge is 2.28. The van der Waals surface area contributed by atoms with Gasteiger partial charge in [-0.05, 0) is 32.1 Å². The Morgan fingerprint density at radius 3 is 2.75 bits per heavy atom. The van der Waals surface area contributed by atoms with Gasteiger partial charge in [0.2, 0.25) is 11.8 Å². The van der Waals surface area contributed by atoms with E-state index in [4.69, 9.17) is 0 Å². The summed E-state index contributed by atoms with van der Waals surface area (Å²) in [4.78, 5) is 25.5. The highest BCUT2D eigenvalue weighted by atomic mass is 16.3. The van der Waals surface area contributed by atoms with E-state index in [-0.39, 0.29) is 23.8 Å². The number of rotatable bonds is 12. The molecule has 2 N–H and O–H groups in total. The Hall–Kier alpha value is -1.80. The average Bonchev–Trinajstić information content (AvgIpc) is 3.02. The molecule has 1 rings (SSSR count). The van der Waals surface area contributed by atoms with Crippen molar-refractivity contribution in [2.75, 3.05) is 13.1 Å². The van der Waals surface area contributed by atoms with Crippen molar-refractivity contribution in [2.45, 2.75) is 90.7 Å². The molecule has 0 aliphatic carbocycles. The molecule has 1 unspecified atom stereocenters. The van der Waals surface area contributed by atoms with E-state index in [2.05, 4.69) is 17.2 Å². The number of hydrogen-bond acceptors (Lipinski definition) is 3. The highest BCUT2D eigenvalue weighted by Crippen LogP contribution is 2.21. The van der Waals surface area contributed by atoms with Gasteiger partial charge in [-0.25, -0.2) is 0 Å². The van der Waals surface area contributed by atoms with E-state index in [1.165, 1.54) is 0 Å². The van der Waals surface area contributed by atoms with Crippen LogP contribution in [0.15, 0.2) is 12.2 Å². The Morgan fingerprint density at radius 1 is 1.29 bits per heavy atom. The molecule has 1 fully saturated rings. The third kappa shape index (κ3) is 9.41. The Labute approximate surface area is 170 Å². The van der Waals surface area contributed by atoms with E-state index in [0.717, 1.165) is 45.1 Å². The van der Waals surface area contributed by atoms with E-state index >= 15 is 0 Å². The molecule has 5 nitrogen and oxygen atoms in total. The minimum absolute atomic E-state index is 0.0887. The number of nitrogens with one attached hydrogen (secondary N) is 1. The van der Waals surface area contributed by atoms with Gasteiger partial charge < -0.3 is 15.3 Å². The molecule has 1 aliphatic rings. The molecule has 0 aromatic carbocycles. The second-order valence-corrected chi connectivity index (χ2v) is 7.57. The number of amides is 2. The summed E-state index contributed by atoms with van der Waals surface area (Å²) in [5.74, 6) is 6.53. The molecule has 1 heterocycles. The first-order valence-electron chi connectivity index (χ1n) is 10.9. The first-order valence-corrected chi connectivity index (χ1v) is 10.9. The van der Waals surface area contributed by atoms with Gasteiger partial charge in [-0.15, -0.1) is 11.8 Å². The minimum atomic E-state index is -0.530. The van der Waals surface area contributed by atoms with Crippen molar-refractivity contribution in [3.63, 3.8) is 0 Å². The Balaban J connectivity index is 2.34. The topological polar surface area (TPSA) is 69.6 Å². The lowest BCUT2D eigenvalue weighted by Crippen LogP contribution is -2.33. The molecule has 0 radical (unpaired) electrons. The van der Waals surface area contributed by atoms with Gasteiger partial charge in [-0.3, -0.25) is 9.59 Å². The average molecular weight is 391 g/mol. The fourth-order valence-electron chi connectivity index (χ4n) is 3.36. The van der Waals surface area contributed by atoms with Crippen molar-refractivity contribution >= 4 is 11.8 Å². The first kappa shape index (κ1) is 24.2. The van der Waals surface area contributed by atoms with Crippen molar-refractivity contribution in [2.24, 2.45) is 5.92 Å². The van der Waals surface area contributed by atoms with Crippen LogP contribution in [0.2, 0.25) is 0 Å². The summed E-state index contributed by atoms with van der Waals surface area (Å²) in [6.07, 6.45) is 10.7. The Bertz CT molecular complexity index is 562. The predicted molar refractivity (Wildman–Crippen MR) is 113 cm³/mol. The summed E-state index contributed by atoms with van der Waals surface area (Å²) in [6.45, 7) is 7.38. The zero-order valence-electron chi connectivity index (χ0n) is 17.9. The van der Waals surface area contributed by atoms with Gasteiger partial charge in [-0.2, -0.15) is 0 Å². The van der Waals surface area contributed by atoms with Crippen molar-refractivity contribution in [1.29, 1.82) is 0 Å². The van der Waals surface area contributed by atoms with E-state index in [9.17, 15) is 14.7 Å². The molecular formula is C23H38N2O3. The Kier molecular flexibility index (Phi) is 12.3. The van der Waals surface area contributed by atoms with Crippen LogP contribution in [0.4, 0.5) is 0 Å². The molecule has 1 saturated heterocycles. The van der Waals surface area contributed by atoms with E-state index in [0.29, 0.717) is 25.8 Å². The third-order valence-corrected chi connectivity index (χ3v) is 5.14. The summed E-state index contributed by atoms with van der Waals surface area (Å²) < 4.78 is 0. The van der Waals surface area contributed by atoms with Crippen molar-refractivity contribution in [3.8, 4) is 11.8 Å². The van der Waals surface area contributed by atoms with Crippen LogP contribution in [0.25, 0.3) is 0 Å². The van der Waals surface area contributed by atoms with Crippen LogP contribution < -0.4 is 5.32 Å². The van der Waals surface area contributed by atoms with Crippen LogP contribution in [-0.4, -0.2) is 47.1 Å². The van der Waals surface area contributed by atoms with Gasteiger partial charge in [0.15, 0.2) is 0 Å². The summed E-state index contributed by atoms with van der Waals surface area (Å²) in [5.41, 5.74) is 0. The fourth-order valence-corrected chi connectivity index (χ4v) is 3.36. The monoisotopic (exact) mass is 390 g/mol. The zero-order chi connectivity index (χ0) is 20.8. The number of nitrogens with zero attached hydrogens (tertiary/aromatic N) is 1. The normalized spacial score (nSPS) is 18.8. The van der Waals surface area contributed by atoms with Gasteiger partial charge in [0.1, 0.15) is 0 Å². The summed E-state index contributed by atoms with van der Waals surface area (Å²) in [7, 11) is 0. The van der Waals surface area contributed by atoms with Gasteiger partial charge in [0.05, 0.1) is 12.1 Å². The maximum absolute atomic E-state index is 12.2. The maximum Gasteiger partial charge on any atom is 0.223 e. The van der Waals surface area contributed by atoms with Crippen molar-refractivity contribution < 1.29 is 14.7 Å². The van der Waals surface area contributed by atoms with Gasteiger partial charge >= 0.3 is 0 Å². The minimum Gasteiger partial charge on any atom is -0.389 e. The molecule has 0 spiro atoms. The smallest absolute Gasteiger partial charge is 0.223 e. The molecule has 5 heteroatoms. The lowest BCUT2D eigenvalue weighted by atomic mass is 10.00. The number of carbonyl (C=O) groups is 2. The maximum atomic E-state index is 12.2. The number of unbranched alkanes of at least 4 members (excludes halogenated alkanes) is 3. The number of aliphatic hydroxyl groups excluding tert-OH is 1. The fraction of sp³-hybridized carbons (Fsp3) is 0.739. The standard InChI is InChI=1S/C23H38N2O3/c1-4-6-9-12-19(3)21(26)16-14-20-15-17-23(28)25(20)18-11-8-7-10-13-22(27)24-5-2/h14,16,19-21,26H,4-5,7-8,10-13,15,17-18H2,1-3H3,(H,24,27)/t19-,20?,21+/m0/s1. The quantitative estimate of drug-likeness (QED) is 0.305. The van der Waals surface area contributed by atoms with Crippen LogP contribution in [0.3, 0.4) is 0 Å². The summed E-state index contributed by atoms with van der Waals surface area (Å²) in [5, 5.41) is 13.1. The lowest BCUT2D eigenvalue weighted by Gasteiger charge is -2.23. The van der Waals surface area contributed by atoms with Crippen molar-refractivity contribution in [3.05, 3.63) is 12.2 Å². The number of hydrogen-bond donors (Lipinski definition) is 2. The van der Waals surface area contributed by atoms with Crippen LogP contribution in [-0.2, 0) is 9.59 Å². The van der Waals surface area contributed by atoms with Crippen LogP contribution in [0, 0.1) is 17.8 Å². The number of aliphatic hydroxyl groups is 1. The molecule has 3 atom stereocenters. The van der Waals surface area contributed by atoms with Crippen LogP contribution in [0.5, 0.6) is 0 Å². The largest absolute Gasteiger partial charge is 0.389 e. The second-order valence-electron chi connectivity index (χ2n) is 7.57. The SMILES string of the molecule is CCC#CC[C@H](C)[C@H](O)C=CC1CCC(=O)N1CCCCCCC(=O)NCC. The molecule has 0 aromatic rings. The zero-order valence-corrected chi connectivity index (χ0v) is 17.9. The van der Waals surface area contributed by atoms with Crippen molar-refractivity contribution in [1.82, 2.24) is 10.2 Å². The van der Waals surface area contributed by atoms with Gasteiger partial charge in [0.25, 0.3) is 0 Å². The van der Waals surface area contributed by atoms with Crippen LogP contribution >= 0.6 is 0 Å². The van der Waals surface area contributed by atoms with Gasteiger partial charge in [-0.1, -0.05) is 38.8 Å². The molecule has 0 aromatic heterocycles. The second kappa shape index (κ2) is 14.2. The number of carbonyl (C=O) groups excluding carboxylic acids is 2. The number of likely N-dealkylation sites (tertiary alicyclic amines) is 1. The highest BCUT2D eigenvalue weighted by molar-refractivity contribution is 5.79. The molecular weight excluding hydrogens is 352 g/mol. The summed E-state index contributed by atoms with van der Waals surface area (Å²) in [6, 6.07) is 0.0893. The Morgan fingerprint density at radius 2 is 2.04 bits per heavy atom. The van der Waals surface area contributed by atoms with E-state index in [1.807, 2.05) is 37.8 Å². The first-order chi connectivity index (χ1) is 13.5. The lowest BCUT2D eigenvalue weighted by molar-refractivity contribution is -0.128. The molecule has 1 aliphatic heterocycles. The molecule has 2 amide bonds. The van der Waals surface area contributed by atoms with Gasteiger partial charge in [0, 0.05) is 38.8 Å². The van der Waals surface area contributed by atoms with E-state index < -0.39 is 6.10 Å². The molecule has 0 bridgehead atoms. The molecule has 158 valence electrons. The van der Waals surface area contributed by atoms with Crippen LogP contribution in [0.1, 0.15) is 78.6 Å². The van der Waals surface area contributed by atoms with E-state index in [1.54, 1.807) is 0 Å². The third-order valence-electron chi connectivity index (χ3n) is 5.14. The molecule has 28 heavy (non-hydrogen) atoms.